The first-order valence-corrected chi connectivity index (χ1v) is 12.7. The Kier molecular flexibility index (Phi) is 7.38. The predicted octanol–water partition coefficient (Wildman–Crippen LogP) is 5.92. The number of aryl methyl sites for hydroxylation is 1. The molecule has 3 aromatic rings. The molecule has 2 aliphatic rings. The number of hydrogen-bond donors (Lipinski definition) is 0. The predicted molar refractivity (Wildman–Crippen MR) is 143 cm³/mol. The van der Waals surface area contributed by atoms with Crippen LogP contribution in [0.25, 0.3) is 11.1 Å². The standard InChI is InChI=1S/C31H33NO4/c1-34-25-10-5-22(6-11-25)28-15-9-24-21-27(35-2)14-16-29(24)30(28)31(33)23-7-12-26(13-8-23)36-20-19-32-17-3-4-18-32/h5-8,10-14,16,21H,3-4,9,15,17-20H2,1-2H3. The van der Waals surface area contributed by atoms with E-state index in [1.807, 2.05) is 66.7 Å². The number of carbonyl (C=O) groups excluding carboxylic acids is 1. The number of fused-ring (bicyclic) bond motifs is 1. The third kappa shape index (κ3) is 5.17. The second-order valence-corrected chi connectivity index (χ2v) is 9.36. The van der Waals surface area contributed by atoms with Gasteiger partial charge in [-0.1, -0.05) is 18.2 Å². The topological polar surface area (TPSA) is 48.0 Å². The number of ether oxygens (including phenoxy) is 3. The molecule has 1 aliphatic carbocycles. The van der Waals surface area contributed by atoms with Gasteiger partial charge in [0.1, 0.15) is 23.9 Å². The second-order valence-electron chi connectivity index (χ2n) is 9.36. The molecule has 1 saturated heterocycles. The van der Waals surface area contributed by atoms with Gasteiger partial charge in [-0.05, 0) is 110 Å². The van der Waals surface area contributed by atoms with Crippen LogP contribution in [0.2, 0.25) is 0 Å². The van der Waals surface area contributed by atoms with E-state index in [1.165, 1.54) is 12.8 Å². The highest BCUT2D eigenvalue weighted by molar-refractivity contribution is 6.35. The summed E-state index contributed by atoms with van der Waals surface area (Å²) in [4.78, 5) is 16.4. The van der Waals surface area contributed by atoms with Gasteiger partial charge in [-0.2, -0.15) is 0 Å². The Bertz CT molecular complexity index is 1240. The van der Waals surface area contributed by atoms with Crippen LogP contribution in [-0.4, -0.2) is 51.1 Å². The number of carbonyl (C=O) groups is 1. The lowest BCUT2D eigenvalue weighted by Crippen LogP contribution is -2.25. The van der Waals surface area contributed by atoms with Crippen molar-refractivity contribution in [2.75, 3.05) is 40.5 Å². The molecule has 0 spiro atoms. The minimum Gasteiger partial charge on any atom is -0.497 e. The van der Waals surface area contributed by atoms with E-state index in [9.17, 15) is 4.79 Å². The first-order chi connectivity index (χ1) is 17.7. The molecule has 0 amide bonds. The van der Waals surface area contributed by atoms with Crippen LogP contribution in [0.5, 0.6) is 17.2 Å². The summed E-state index contributed by atoms with van der Waals surface area (Å²) in [7, 11) is 3.33. The van der Waals surface area contributed by atoms with Crippen LogP contribution in [0.4, 0.5) is 0 Å². The van der Waals surface area contributed by atoms with Crippen LogP contribution < -0.4 is 14.2 Å². The van der Waals surface area contributed by atoms with E-state index in [4.69, 9.17) is 14.2 Å². The van der Waals surface area contributed by atoms with Gasteiger partial charge in [-0.25, -0.2) is 0 Å². The molecule has 0 atom stereocenters. The van der Waals surface area contributed by atoms with Gasteiger partial charge in [0.05, 0.1) is 14.2 Å². The fourth-order valence-electron chi connectivity index (χ4n) is 5.18. The van der Waals surface area contributed by atoms with Crippen molar-refractivity contribution in [3.05, 3.63) is 89.0 Å². The average molecular weight is 484 g/mol. The summed E-state index contributed by atoms with van der Waals surface area (Å²) < 4.78 is 16.7. The Hall–Kier alpha value is -3.57. The number of benzene rings is 3. The van der Waals surface area contributed by atoms with Crippen molar-refractivity contribution in [3.8, 4) is 17.2 Å². The van der Waals surface area contributed by atoms with E-state index < -0.39 is 0 Å². The summed E-state index contributed by atoms with van der Waals surface area (Å²) in [6.45, 7) is 3.93. The van der Waals surface area contributed by atoms with Gasteiger partial charge < -0.3 is 14.2 Å². The number of likely N-dealkylation sites (tertiary alicyclic amines) is 1. The van der Waals surface area contributed by atoms with Crippen LogP contribution in [0.15, 0.2) is 66.7 Å². The van der Waals surface area contributed by atoms with Gasteiger partial charge in [-0.15, -0.1) is 0 Å². The molecule has 0 bridgehead atoms. The normalized spacial score (nSPS) is 15.5. The van der Waals surface area contributed by atoms with Crippen molar-refractivity contribution in [3.63, 3.8) is 0 Å². The molecule has 3 aromatic carbocycles. The highest BCUT2D eigenvalue weighted by Gasteiger charge is 2.26. The minimum atomic E-state index is 0.0237. The Balaban J connectivity index is 1.43. The van der Waals surface area contributed by atoms with Crippen LogP contribution in [-0.2, 0) is 6.42 Å². The molecule has 0 N–H and O–H groups in total. The SMILES string of the molecule is COc1ccc(C2=C(C(=O)c3ccc(OCCN4CCCC4)cc3)c3ccc(OC)cc3CC2)cc1. The van der Waals surface area contributed by atoms with E-state index in [0.29, 0.717) is 12.2 Å². The average Bonchev–Trinajstić information content (AvgIpc) is 3.46. The maximum Gasteiger partial charge on any atom is 0.193 e. The van der Waals surface area contributed by atoms with Crippen molar-refractivity contribution >= 4 is 16.9 Å². The molecule has 1 heterocycles. The quantitative estimate of drug-likeness (QED) is 0.354. The Labute approximate surface area is 213 Å². The van der Waals surface area contributed by atoms with Gasteiger partial charge in [0.2, 0.25) is 0 Å². The number of allylic oxidation sites excluding steroid dienone is 2. The molecule has 5 heteroatoms. The first kappa shape index (κ1) is 24.1. The lowest BCUT2D eigenvalue weighted by molar-refractivity contribution is 0.105. The van der Waals surface area contributed by atoms with E-state index >= 15 is 0 Å². The molecule has 1 fully saturated rings. The smallest absolute Gasteiger partial charge is 0.193 e. The van der Waals surface area contributed by atoms with E-state index in [1.54, 1.807) is 14.2 Å². The van der Waals surface area contributed by atoms with Gasteiger partial charge >= 0.3 is 0 Å². The third-order valence-corrected chi connectivity index (χ3v) is 7.18. The van der Waals surface area contributed by atoms with Crippen LogP contribution in [0, 0.1) is 0 Å². The van der Waals surface area contributed by atoms with Crippen LogP contribution >= 0.6 is 0 Å². The molecular formula is C31H33NO4. The lowest BCUT2D eigenvalue weighted by Gasteiger charge is -2.24. The first-order valence-electron chi connectivity index (χ1n) is 12.7. The zero-order valence-corrected chi connectivity index (χ0v) is 21.1. The minimum absolute atomic E-state index is 0.0237. The van der Waals surface area contributed by atoms with Gasteiger partial charge in [0, 0.05) is 17.7 Å². The summed E-state index contributed by atoms with van der Waals surface area (Å²) in [5.41, 5.74) is 5.63. The number of Topliss-reactive ketones (excluding diaryl/α,β-unsaturated/α-hetero) is 1. The molecule has 0 saturated carbocycles. The Morgan fingerprint density at radius 1 is 0.806 bits per heavy atom. The lowest BCUT2D eigenvalue weighted by atomic mass is 9.79. The highest BCUT2D eigenvalue weighted by atomic mass is 16.5. The molecule has 0 unspecified atom stereocenters. The van der Waals surface area contributed by atoms with E-state index in [0.717, 1.165) is 77.6 Å². The molecule has 186 valence electrons. The van der Waals surface area contributed by atoms with Crippen molar-refractivity contribution < 1.29 is 19.0 Å². The number of ketones is 1. The third-order valence-electron chi connectivity index (χ3n) is 7.18. The number of hydrogen-bond acceptors (Lipinski definition) is 5. The van der Waals surface area contributed by atoms with Crippen LogP contribution in [0.3, 0.4) is 0 Å². The summed E-state index contributed by atoms with van der Waals surface area (Å²) in [5.74, 6) is 2.43. The fourth-order valence-corrected chi connectivity index (χ4v) is 5.18. The maximum atomic E-state index is 14.0. The molecular weight excluding hydrogens is 450 g/mol. The summed E-state index contributed by atoms with van der Waals surface area (Å²) in [5, 5.41) is 0. The zero-order chi connectivity index (χ0) is 24.9. The molecule has 1 aliphatic heterocycles. The molecule has 5 rings (SSSR count). The summed E-state index contributed by atoms with van der Waals surface area (Å²) >= 11 is 0. The molecule has 5 nitrogen and oxygen atoms in total. The number of methoxy groups -OCH3 is 2. The largest absolute Gasteiger partial charge is 0.497 e. The van der Waals surface area contributed by atoms with Gasteiger partial charge in [0.25, 0.3) is 0 Å². The van der Waals surface area contributed by atoms with Crippen LogP contribution in [0.1, 0.15) is 46.3 Å². The Morgan fingerprint density at radius 3 is 2.17 bits per heavy atom. The summed E-state index contributed by atoms with van der Waals surface area (Å²) in [6.07, 6.45) is 4.20. The van der Waals surface area contributed by atoms with Gasteiger partial charge in [0.15, 0.2) is 5.78 Å². The molecule has 0 aromatic heterocycles. The van der Waals surface area contributed by atoms with Gasteiger partial charge in [-0.3, -0.25) is 9.69 Å². The van der Waals surface area contributed by atoms with Crippen molar-refractivity contribution in [2.45, 2.75) is 25.7 Å². The van der Waals surface area contributed by atoms with Crippen molar-refractivity contribution in [2.24, 2.45) is 0 Å². The number of nitrogens with zero attached hydrogens (tertiary/aromatic N) is 1. The van der Waals surface area contributed by atoms with E-state index in [-0.39, 0.29) is 5.78 Å². The summed E-state index contributed by atoms with van der Waals surface area (Å²) in [6, 6.07) is 21.5. The van der Waals surface area contributed by atoms with Crippen molar-refractivity contribution in [1.82, 2.24) is 4.90 Å². The fraction of sp³-hybridized carbons (Fsp3) is 0.323. The monoisotopic (exact) mass is 483 g/mol. The second kappa shape index (κ2) is 11.0. The molecule has 36 heavy (non-hydrogen) atoms. The zero-order valence-electron chi connectivity index (χ0n) is 21.1. The Morgan fingerprint density at radius 2 is 1.47 bits per heavy atom. The number of rotatable bonds is 9. The van der Waals surface area contributed by atoms with E-state index in [2.05, 4.69) is 4.90 Å². The molecule has 0 radical (unpaired) electrons. The maximum absolute atomic E-state index is 14.0. The van der Waals surface area contributed by atoms with Crippen molar-refractivity contribution in [1.29, 1.82) is 0 Å². The highest BCUT2D eigenvalue weighted by Crippen LogP contribution is 2.40.